The molecule has 2 rings (SSSR count). The summed E-state index contributed by atoms with van der Waals surface area (Å²) in [4.78, 5) is 10.7. The average molecular weight is 316 g/mol. The Morgan fingerprint density at radius 3 is 2.27 bits per heavy atom. The van der Waals surface area contributed by atoms with E-state index in [4.69, 9.17) is 0 Å². The molecule has 0 saturated carbocycles. The van der Waals surface area contributed by atoms with Gasteiger partial charge < -0.3 is 4.74 Å². The van der Waals surface area contributed by atoms with E-state index in [1.54, 1.807) is 0 Å². The number of halogens is 5. The summed E-state index contributed by atoms with van der Waals surface area (Å²) >= 11 is 0. The molecule has 0 aliphatic rings. The second-order valence-electron chi connectivity index (χ2n) is 4.40. The quantitative estimate of drug-likeness (QED) is 0.471. The molecule has 22 heavy (non-hydrogen) atoms. The van der Waals surface area contributed by atoms with Crippen LogP contribution in [-0.4, -0.2) is 12.9 Å². The Kier molecular flexibility index (Phi) is 4.75. The van der Waals surface area contributed by atoms with Crippen molar-refractivity contribution in [1.82, 2.24) is 0 Å². The molecule has 0 aliphatic heterocycles. The third-order valence-corrected chi connectivity index (χ3v) is 2.91. The molecule has 0 atom stereocenters. The molecular formula is C15H9F5O2. The highest BCUT2D eigenvalue weighted by Crippen LogP contribution is 2.26. The van der Waals surface area contributed by atoms with Gasteiger partial charge in [-0.05, 0) is 35.4 Å². The van der Waals surface area contributed by atoms with E-state index in [-0.39, 0.29) is 28.9 Å². The van der Waals surface area contributed by atoms with Crippen molar-refractivity contribution >= 4 is 6.29 Å². The molecule has 116 valence electrons. The second kappa shape index (κ2) is 6.55. The first kappa shape index (κ1) is 15.9. The van der Waals surface area contributed by atoms with Crippen LogP contribution in [0.1, 0.15) is 21.5 Å². The Bertz CT molecular complexity index is 701. The molecule has 0 spiro atoms. The van der Waals surface area contributed by atoms with Crippen LogP contribution >= 0.6 is 0 Å². The number of rotatable bonds is 5. The Labute approximate surface area is 122 Å². The third kappa shape index (κ3) is 3.60. The van der Waals surface area contributed by atoms with E-state index in [1.165, 1.54) is 12.1 Å². The zero-order chi connectivity index (χ0) is 16.3. The van der Waals surface area contributed by atoms with E-state index in [0.29, 0.717) is 18.4 Å². The van der Waals surface area contributed by atoms with Crippen LogP contribution in [0.15, 0.2) is 30.3 Å². The highest BCUT2D eigenvalue weighted by Gasteiger charge is 2.15. The summed E-state index contributed by atoms with van der Waals surface area (Å²) in [5.41, 5.74) is -0.0459. The molecule has 0 unspecified atom stereocenters. The van der Waals surface area contributed by atoms with Crippen molar-refractivity contribution in [1.29, 1.82) is 0 Å². The summed E-state index contributed by atoms with van der Waals surface area (Å²) < 4.78 is 68.6. The number of ether oxygens (including phenoxy) is 1. The van der Waals surface area contributed by atoms with E-state index < -0.39 is 24.1 Å². The standard InChI is InChI=1S/C15H9F5O2/c16-11-6-13(18)12(17)5-9(11)4-10-3-8(7-21)1-2-14(10)22-15(19)20/h1-3,5-7,15H,4H2. The topological polar surface area (TPSA) is 26.3 Å². The second-order valence-corrected chi connectivity index (χ2v) is 4.40. The highest BCUT2D eigenvalue weighted by atomic mass is 19.3. The van der Waals surface area contributed by atoms with E-state index in [9.17, 15) is 26.7 Å². The molecule has 0 bridgehead atoms. The van der Waals surface area contributed by atoms with Gasteiger partial charge in [0.1, 0.15) is 17.9 Å². The molecule has 0 fully saturated rings. The van der Waals surface area contributed by atoms with Gasteiger partial charge in [-0.1, -0.05) is 0 Å². The van der Waals surface area contributed by atoms with Gasteiger partial charge in [-0.2, -0.15) is 8.78 Å². The van der Waals surface area contributed by atoms with E-state index in [1.807, 2.05) is 0 Å². The van der Waals surface area contributed by atoms with Crippen molar-refractivity contribution in [2.75, 3.05) is 0 Å². The fourth-order valence-electron chi connectivity index (χ4n) is 1.93. The molecule has 0 aliphatic carbocycles. The number of hydrogen-bond acceptors (Lipinski definition) is 2. The van der Waals surface area contributed by atoms with Crippen LogP contribution < -0.4 is 4.74 Å². The summed E-state index contributed by atoms with van der Waals surface area (Å²) in [6.45, 7) is -3.12. The Morgan fingerprint density at radius 2 is 1.64 bits per heavy atom. The summed E-state index contributed by atoms with van der Waals surface area (Å²) in [6.07, 6.45) is 0.129. The molecule has 0 radical (unpaired) electrons. The van der Waals surface area contributed by atoms with Gasteiger partial charge in [-0.15, -0.1) is 0 Å². The van der Waals surface area contributed by atoms with Crippen molar-refractivity contribution in [3.05, 3.63) is 64.5 Å². The minimum atomic E-state index is -3.12. The van der Waals surface area contributed by atoms with Gasteiger partial charge in [0, 0.05) is 18.1 Å². The van der Waals surface area contributed by atoms with Gasteiger partial charge in [0.05, 0.1) is 0 Å². The van der Waals surface area contributed by atoms with E-state index >= 15 is 0 Å². The lowest BCUT2D eigenvalue weighted by Crippen LogP contribution is -2.06. The maximum Gasteiger partial charge on any atom is 0.387 e. The van der Waals surface area contributed by atoms with E-state index in [2.05, 4.69) is 4.74 Å². The van der Waals surface area contributed by atoms with Gasteiger partial charge in [0.25, 0.3) is 0 Å². The molecule has 2 nitrogen and oxygen atoms in total. The van der Waals surface area contributed by atoms with Crippen LogP contribution in [0.4, 0.5) is 22.0 Å². The molecule has 0 aromatic heterocycles. The van der Waals surface area contributed by atoms with Gasteiger partial charge in [0.15, 0.2) is 11.6 Å². The van der Waals surface area contributed by atoms with Crippen molar-refractivity contribution in [3.63, 3.8) is 0 Å². The Morgan fingerprint density at radius 1 is 0.955 bits per heavy atom. The molecular weight excluding hydrogens is 307 g/mol. The van der Waals surface area contributed by atoms with Crippen LogP contribution in [-0.2, 0) is 6.42 Å². The zero-order valence-electron chi connectivity index (χ0n) is 11.0. The monoisotopic (exact) mass is 316 g/mol. The van der Waals surface area contributed by atoms with Crippen molar-refractivity contribution in [2.45, 2.75) is 13.0 Å². The van der Waals surface area contributed by atoms with Crippen molar-refractivity contribution < 1.29 is 31.5 Å². The highest BCUT2D eigenvalue weighted by molar-refractivity contribution is 5.75. The Hall–Kier alpha value is -2.44. The lowest BCUT2D eigenvalue weighted by atomic mass is 10.0. The number of carbonyl (C=O) groups is 1. The Balaban J connectivity index is 2.42. The van der Waals surface area contributed by atoms with Crippen LogP contribution in [0, 0.1) is 17.5 Å². The zero-order valence-corrected chi connectivity index (χ0v) is 11.0. The fourth-order valence-corrected chi connectivity index (χ4v) is 1.93. The molecule has 2 aromatic rings. The van der Waals surface area contributed by atoms with Gasteiger partial charge in [0.2, 0.25) is 0 Å². The lowest BCUT2D eigenvalue weighted by Gasteiger charge is -2.12. The first-order valence-electron chi connectivity index (χ1n) is 6.07. The van der Waals surface area contributed by atoms with Crippen LogP contribution in [0.2, 0.25) is 0 Å². The van der Waals surface area contributed by atoms with Gasteiger partial charge >= 0.3 is 6.61 Å². The number of alkyl halides is 2. The first-order chi connectivity index (χ1) is 10.4. The first-order valence-corrected chi connectivity index (χ1v) is 6.07. The minimum Gasteiger partial charge on any atom is -0.435 e. The number of hydrogen-bond donors (Lipinski definition) is 0. The van der Waals surface area contributed by atoms with Gasteiger partial charge in [-0.25, -0.2) is 13.2 Å². The summed E-state index contributed by atoms with van der Waals surface area (Å²) in [7, 11) is 0. The molecule has 7 heteroatoms. The molecule has 0 heterocycles. The number of benzene rings is 2. The van der Waals surface area contributed by atoms with Crippen LogP contribution in [0.25, 0.3) is 0 Å². The van der Waals surface area contributed by atoms with Crippen molar-refractivity contribution in [3.8, 4) is 5.75 Å². The smallest absolute Gasteiger partial charge is 0.387 e. The largest absolute Gasteiger partial charge is 0.435 e. The predicted octanol–water partition coefficient (Wildman–Crippen LogP) is 4.11. The number of aldehydes is 1. The van der Waals surface area contributed by atoms with Crippen LogP contribution in [0.3, 0.4) is 0 Å². The minimum absolute atomic E-state index is 0.0507. The molecule has 0 amide bonds. The van der Waals surface area contributed by atoms with Gasteiger partial charge in [-0.3, -0.25) is 4.79 Å². The molecule has 0 saturated heterocycles. The number of carbonyl (C=O) groups excluding carboxylic acids is 1. The SMILES string of the molecule is O=Cc1ccc(OC(F)F)c(Cc2cc(F)c(F)cc2F)c1. The predicted molar refractivity (Wildman–Crippen MR) is 67.6 cm³/mol. The van der Waals surface area contributed by atoms with Crippen LogP contribution in [0.5, 0.6) is 5.75 Å². The lowest BCUT2D eigenvalue weighted by molar-refractivity contribution is -0.0503. The van der Waals surface area contributed by atoms with E-state index in [0.717, 1.165) is 6.07 Å². The summed E-state index contributed by atoms with van der Waals surface area (Å²) in [5, 5.41) is 0. The summed E-state index contributed by atoms with van der Waals surface area (Å²) in [6, 6.07) is 4.58. The normalized spacial score (nSPS) is 10.8. The summed E-state index contributed by atoms with van der Waals surface area (Å²) in [5.74, 6) is -3.92. The third-order valence-electron chi connectivity index (χ3n) is 2.91. The maximum absolute atomic E-state index is 13.6. The maximum atomic E-state index is 13.6. The fraction of sp³-hybridized carbons (Fsp3) is 0.133. The average Bonchev–Trinajstić information content (AvgIpc) is 2.46. The van der Waals surface area contributed by atoms with Crippen molar-refractivity contribution in [2.24, 2.45) is 0 Å². The molecule has 2 aromatic carbocycles. The molecule has 0 N–H and O–H groups in total.